The lowest BCUT2D eigenvalue weighted by molar-refractivity contribution is 1.28. The van der Waals surface area contributed by atoms with E-state index in [2.05, 4.69) is 117 Å². The number of nitrogens with zero attached hydrogens (tertiary/aromatic N) is 2. The van der Waals surface area contributed by atoms with Crippen LogP contribution in [0.3, 0.4) is 0 Å². The number of aryl methyl sites for hydroxylation is 2. The van der Waals surface area contributed by atoms with Gasteiger partial charge < -0.3 is 0 Å². The monoisotopic (exact) mass is 516 g/mol. The van der Waals surface area contributed by atoms with Crippen molar-refractivity contribution in [1.82, 2.24) is 9.97 Å². The Balaban J connectivity index is 1.33. The summed E-state index contributed by atoms with van der Waals surface area (Å²) in [6.45, 7) is 4.40. The third-order valence-corrected chi connectivity index (χ3v) is 9.19. The van der Waals surface area contributed by atoms with E-state index in [0.29, 0.717) is 0 Å². The van der Waals surface area contributed by atoms with E-state index >= 15 is 0 Å². The van der Waals surface area contributed by atoms with Crippen molar-refractivity contribution in [1.29, 1.82) is 0 Å². The maximum atomic E-state index is 5.25. The number of rotatable bonds is 2. The van der Waals surface area contributed by atoms with E-state index < -0.39 is 0 Å². The Morgan fingerprint density at radius 2 is 1.10 bits per heavy atom. The van der Waals surface area contributed by atoms with Gasteiger partial charge in [-0.3, -0.25) is 4.98 Å². The molecule has 8 aromatic rings. The maximum absolute atomic E-state index is 5.25. The summed E-state index contributed by atoms with van der Waals surface area (Å²) >= 11 is 1.88. The van der Waals surface area contributed by atoms with E-state index in [9.17, 15) is 0 Å². The minimum Gasteiger partial charge on any atom is -0.252 e. The molecule has 0 aliphatic carbocycles. The molecule has 0 saturated heterocycles. The van der Waals surface area contributed by atoms with Gasteiger partial charge in [0.2, 0.25) is 0 Å². The SMILES string of the molecule is Cc1cc(-c2cccc3c2sc2ccccc23)c(C)cc1-c1cnc2c3ccccc3c3ccccc3c2n1. The molecule has 184 valence electrons. The molecule has 0 saturated carbocycles. The second kappa shape index (κ2) is 8.45. The Kier molecular flexibility index (Phi) is 4.85. The molecule has 2 heterocycles. The second-order valence-corrected chi connectivity index (χ2v) is 11.4. The first-order valence-corrected chi connectivity index (χ1v) is 14.1. The molecule has 2 nitrogen and oxygen atoms in total. The number of hydrogen-bond acceptors (Lipinski definition) is 3. The number of aromatic nitrogens is 2. The molecule has 6 aromatic carbocycles. The van der Waals surface area contributed by atoms with Crippen molar-refractivity contribution in [2.24, 2.45) is 0 Å². The number of benzene rings is 6. The molecule has 0 amide bonds. The third-order valence-electron chi connectivity index (χ3n) is 7.97. The van der Waals surface area contributed by atoms with Crippen LogP contribution in [0.25, 0.3) is 75.1 Å². The molecule has 0 aliphatic heterocycles. The van der Waals surface area contributed by atoms with Crippen LogP contribution < -0.4 is 0 Å². The second-order valence-electron chi connectivity index (χ2n) is 10.3. The fourth-order valence-corrected chi connectivity index (χ4v) is 7.32. The van der Waals surface area contributed by atoms with Crippen LogP contribution in [0.4, 0.5) is 0 Å². The van der Waals surface area contributed by atoms with Gasteiger partial charge in [-0.25, -0.2) is 4.98 Å². The normalized spacial score (nSPS) is 11.8. The maximum Gasteiger partial charge on any atom is 0.0979 e. The highest BCUT2D eigenvalue weighted by molar-refractivity contribution is 7.26. The number of hydrogen-bond donors (Lipinski definition) is 0. The highest BCUT2D eigenvalue weighted by Gasteiger charge is 2.16. The van der Waals surface area contributed by atoms with Crippen molar-refractivity contribution in [3.05, 3.63) is 120 Å². The zero-order valence-corrected chi connectivity index (χ0v) is 22.5. The summed E-state index contributed by atoms with van der Waals surface area (Å²) in [7, 11) is 0. The average molecular weight is 517 g/mol. The van der Waals surface area contributed by atoms with Crippen molar-refractivity contribution in [3.63, 3.8) is 0 Å². The first kappa shape index (κ1) is 22.4. The van der Waals surface area contributed by atoms with Gasteiger partial charge in [-0.05, 0) is 59.0 Å². The smallest absolute Gasteiger partial charge is 0.0979 e. The molecule has 39 heavy (non-hydrogen) atoms. The number of fused-ring (bicyclic) bond motifs is 9. The molecular weight excluding hydrogens is 492 g/mol. The molecule has 0 unspecified atom stereocenters. The van der Waals surface area contributed by atoms with Gasteiger partial charge in [0.1, 0.15) is 0 Å². The first-order chi connectivity index (χ1) is 19.2. The van der Waals surface area contributed by atoms with Crippen LogP contribution in [0.2, 0.25) is 0 Å². The van der Waals surface area contributed by atoms with Crippen molar-refractivity contribution < 1.29 is 0 Å². The lowest BCUT2D eigenvalue weighted by Gasteiger charge is -2.14. The summed E-state index contributed by atoms with van der Waals surface area (Å²) in [5, 5.41) is 7.37. The Hall–Kier alpha value is -4.60. The van der Waals surface area contributed by atoms with Crippen LogP contribution >= 0.6 is 11.3 Å². The zero-order valence-electron chi connectivity index (χ0n) is 21.7. The molecule has 0 spiro atoms. The van der Waals surface area contributed by atoms with Gasteiger partial charge in [0.25, 0.3) is 0 Å². The van der Waals surface area contributed by atoms with Crippen molar-refractivity contribution >= 4 is 64.1 Å². The van der Waals surface area contributed by atoms with E-state index in [1.165, 1.54) is 53.2 Å². The fourth-order valence-electron chi connectivity index (χ4n) is 6.09. The summed E-state index contributed by atoms with van der Waals surface area (Å²) in [5.41, 5.74) is 8.97. The Morgan fingerprint density at radius 1 is 0.513 bits per heavy atom. The molecular formula is C36H24N2S. The van der Waals surface area contributed by atoms with Gasteiger partial charge in [0.05, 0.1) is 22.9 Å². The molecule has 0 radical (unpaired) electrons. The lowest BCUT2D eigenvalue weighted by Crippen LogP contribution is -1.95. The molecule has 3 heteroatoms. The van der Waals surface area contributed by atoms with Gasteiger partial charge >= 0.3 is 0 Å². The lowest BCUT2D eigenvalue weighted by atomic mass is 9.93. The molecule has 2 aromatic heterocycles. The number of thiophene rings is 1. The molecule has 0 bridgehead atoms. The molecule has 8 rings (SSSR count). The molecule has 0 fully saturated rings. The quantitative estimate of drug-likeness (QED) is 0.214. The van der Waals surface area contributed by atoms with Gasteiger partial charge in [0.15, 0.2) is 0 Å². The van der Waals surface area contributed by atoms with E-state index in [0.717, 1.165) is 33.1 Å². The van der Waals surface area contributed by atoms with Gasteiger partial charge in [0, 0.05) is 36.5 Å². The highest BCUT2D eigenvalue weighted by atomic mass is 32.1. The minimum atomic E-state index is 0.912. The Morgan fingerprint density at radius 3 is 1.87 bits per heavy atom. The van der Waals surface area contributed by atoms with E-state index in [-0.39, 0.29) is 0 Å². The average Bonchev–Trinajstić information content (AvgIpc) is 3.37. The van der Waals surface area contributed by atoms with E-state index in [1.54, 1.807) is 0 Å². The van der Waals surface area contributed by atoms with Gasteiger partial charge in [-0.15, -0.1) is 11.3 Å². The van der Waals surface area contributed by atoms with E-state index in [1.807, 2.05) is 17.5 Å². The van der Waals surface area contributed by atoms with Crippen LogP contribution in [0.5, 0.6) is 0 Å². The van der Waals surface area contributed by atoms with Crippen molar-refractivity contribution in [2.45, 2.75) is 13.8 Å². The Labute approximate surface area is 230 Å². The van der Waals surface area contributed by atoms with Crippen LogP contribution in [-0.4, -0.2) is 9.97 Å². The predicted octanol–water partition coefficient (Wildman–Crippen LogP) is 10.3. The van der Waals surface area contributed by atoms with Gasteiger partial charge in [-0.1, -0.05) is 91.0 Å². The predicted molar refractivity (Wildman–Crippen MR) is 168 cm³/mol. The van der Waals surface area contributed by atoms with Crippen LogP contribution in [0.1, 0.15) is 11.1 Å². The van der Waals surface area contributed by atoms with Crippen molar-refractivity contribution in [2.75, 3.05) is 0 Å². The van der Waals surface area contributed by atoms with Crippen LogP contribution in [0.15, 0.2) is 109 Å². The van der Waals surface area contributed by atoms with Crippen molar-refractivity contribution in [3.8, 4) is 22.4 Å². The summed E-state index contributed by atoms with van der Waals surface area (Å²) in [6, 6.07) is 37.0. The summed E-state index contributed by atoms with van der Waals surface area (Å²) < 4.78 is 2.68. The molecule has 0 aliphatic rings. The molecule has 0 atom stereocenters. The van der Waals surface area contributed by atoms with Gasteiger partial charge in [-0.2, -0.15) is 0 Å². The zero-order chi connectivity index (χ0) is 26.1. The van der Waals surface area contributed by atoms with Crippen LogP contribution in [0, 0.1) is 13.8 Å². The third kappa shape index (κ3) is 3.33. The fraction of sp³-hybridized carbons (Fsp3) is 0.0556. The molecule has 0 N–H and O–H groups in total. The van der Waals surface area contributed by atoms with Crippen LogP contribution in [-0.2, 0) is 0 Å². The largest absolute Gasteiger partial charge is 0.252 e. The topological polar surface area (TPSA) is 25.8 Å². The standard InChI is InChI=1S/C36H24N2S/c1-21-19-31(22(2)18-30(21)29-16-9-15-28-25-12-7-8-17-33(25)39-36(28)29)32-20-37-34-26-13-5-3-10-23(26)24-11-4-6-14-27(24)35(34)38-32/h3-20H,1-2H3. The highest BCUT2D eigenvalue weighted by Crippen LogP contribution is 2.42. The van der Waals surface area contributed by atoms with E-state index in [4.69, 9.17) is 9.97 Å². The summed E-state index contributed by atoms with van der Waals surface area (Å²) in [5.74, 6) is 0. The minimum absolute atomic E-state index is 0.912. The summed E-state index contributed by atoms with van der Waals surface area (Å²) in [6.07, 6.45) is 1.94. The first-order valence-electron chi connectivity index (χ1n) is 13.3. The Bertz CT molecular complexity index is 2220. The summed E-state index contributed by atoms with van der Waals surface area (Å²) in [4.78, 5) is 10.2.